The zero-order valence-corrected chi connectivity index (χ0v) is 19.4. The van der Waals surface area contributed by atoms with E-state index < -0.39 is 5.91 Å². The summed E-state index contributed by atoms with van der Waals surface area (Å²) in [6.45, 7) is 3.15. The highest BCUT2D eigenvalue weighted by atomic mass is 32.2. The number of carbonyl (C=O) groups is 1. The van der Waals surface area contributed by atoms with Gasteiger partial charge in [0.1, 0.15) is 11.6 Å². The van der Waals surface area contributed by atoms with Crippen molar-refractivity contribution >= 4 is 34.7 Å². The molecule has 2 aromatic carbocycles. The number of amidine groups is 2. The number of hydrogen-bond donors (Lipinski definition) is 1. The average molecular weight is 464 g/mol. The van der Waals surface area contributed by atoms with Gasteiger partial charge in [-0.3, -0.25) is 15.1 Å². The smallest absolute Gasteiger partial charge is 0.283 e. The Kier molecular flexibility index (Phi) is 7.14. The first-order chi connectivity index (χ1) is 16.1. The molecule has 0 aromatic heterocycles. The van der Waals surface area contributed by atoms with Crippen molar-refractivity contribution in [3.8, 4) is 17.2 Å². The third-order valence-electron chi connectivity index (χ3n) is 5.16. The van der Waals surface area contributed by atoms with Crippen molar-refractivity contribution in [1.82, 2.24) is 4.90 Å². The van der Waals surface area contributed by atoms with E-state index in [1.165, 1.54) is 17.3 Å². The van der Waals surface area contributed by atoms with Crippen molar-refractivity contribution in [2.45, 2.75) is 19.8 Å². The van der Waals surface area contributed by atoms with Crippen LogP contribution in [0.2, 0.25) is 0 Å². The molecule has 0 radical (unpaired) electrons. The van der Waals surface area contributed by atoms with Gasteiger partial charge >= 0.3 is 0 Å². The van der Waals surface area contributed by atoms with Gasteiger partial charge < -0.3 is 14.2 Å². The molecule has 33 heavy (non-hydrogen) atoms. The van der Waals surface area contributed by atoms with Crippen molar-refractivity contribution < 1.29 is 19.0 Å². The van der Waals surface area contributed by atoms with Gasteiger partial charge in [-0.2, -0.15) is 4.99 Å². The molecule has 4 rings (SSSR count). The molecule has 2 aromatic rings. The third-order valence-corrected chi connectivity index (χ3v) is 5.91. The number of ether oxygens (including phenoxy) is 3. The zero-order chi connectivity index (χ0) is 23.2. The number of fused-ring (bicyclic) bond motifs is 1. The van der Waals surface area contributed by atoms with Gasteiger partial charge in [-0.05, 0) is 53.3 Å². The van der Waals surface area contributed by atoms with Crippen molar-refractivity contribution in [2.75, 3.05) is 20.3 Å². The largest absolute Gasteiger partial charge is 0.493 e. The molecular formula is C25H25N3O4S. The van der Waals surface area contributed by atoms with Crippen molar-refractivity contribution in [3.63, 3.8) is 0 Å². The van der Waals surface area contributed by atoms with E-state index in [9.17, 15) is 4.79 Å². The maximum atomic E-state index is 12.4. The van der Waals surface area contributed by atoms with Gasteiger partial charge in [-0.15, -0.1) is 0 Å². The second-order valence-electron chi connectivity index (χ2n) is 7.34. The minimum absolute atomic E-state index is 0.106. The van der Waals surface area contributed by atoms with Crippen LogP contribution in [0.15, 0.2) is 64.6 Å². The van der Waals surface area contributed by atoms with Gasteiger partial charge in [0.05, 0.1) is 25.9 Å². The van der Waals surface area contributed by atoms with Crippen molar-refractivity contribution in [2.24, 2.45) is 4.99 Å². The van der Waals surface area contributed by atoms with Crippen LogP contribution < -0.4 is 14.2 Å². The summed E-state index contributed by atoms with van der Waals surface area (Å²) in [4.78, 5) is 18.0. The van der Waals surface area contributed by atoms with Gasteiger partial charge in [0.25, 0.3) is 5.91 Å². The number of rotatable bonds is 9. The first-order valence-electron chi connectivity index (χ1n) is 10.7. The Morgan fingerprint density at radius 1 is 1.09 bits per heavy atom. The molecule has 0 atom stereocenters. The minimum Gasteiger partial charge on any atom is -0.493 e. The summed E-state index contributed by atoms with van der Waals surface area (Å²) in [5.74, 6) is 1.69. The first kappa shape index (κ1) is 22.7. The summed E-state index contributed by atoms with van der Waals surface area (Å²) < 4.78 is 17.1. The third kappa shape index (κ3) is 5.28. The van der Waals surface area contributed by atoms with E-state index in [0.717, 1.165) is 24.2 Å². The number of hydrogen-bond acceptors (Lipinski definition) is 6. The van der Waals surface area contributed by atoms with E-state index in [-0.39, 0.29) is 11.4 Å². The quantitative estimate of drug-likeness (QED) is 0.421. The summed E-state index contributed by atoms with van der Waals surface area (Å²) >= 11 is 1.32. The van der Waals surface area contributed by atoms with Gasteiger partial charge in [-0.1, -0.05) is 36.9 Å². The highest BCUT2D eigenvalue weighted by Gasteiger charge is 2.31. The van der Waals surface area contributed by atoms with Crippen LogP contribution >= 0.6 is 11.8 Å². The van der Waals surface area contributed by atoms with Gasteiger partial charge in [0.2, 0.25) is 0 Å². The van der Waals surface area contributed by atoms with E-state index in [4.69, 9.17) is 19.6 Å². The average Bonchev–Trinajstić information content (AvgIpc) is 3.31. The molecule has 1 amide bonds. The van der Waals surface area contributed by atoms with Crippen molar-refractivity contribution in [3.05, 3.63) is 70.8 Å². The number of carbonyl (C=O) groups excluding carboxylic acids is 1. The number of nitrogens with zero attached hydrogens (tertiary/aromatic N) is 2. The van der Waals surface area contributed by atoms with Crippen LogP contribution in [-0.2, 0) is 11.2 Å². The first-order valence-corrected chi connectivity index (χ1v) is 11.6. The maximum absolute atomic E-state index is 12.4. The fourth-order valence-electron chi connectivity index (χ4n) is 3.34. The van der Waals surface area contributed by atoms with Gasteiger partial charge in [-0.25, -0.2) is 0 Å². The predicted molar refractivity (Wildman–Crippen MR) is 131 cm³/mol. The summed E-state index contributed by atoms with van der Waals surface area (Å²) in [7, 11) is 1.57. The monoisotopic (exact) mass is 463 g/mol. The van der Waals surface area contributed by atoms with Gasteiger partial charge in [0, 0.05) is 12.6 Å². The molecule has 0 spiro atoms. The number of aryl methyl sites for hydroxylation is 1. The van der Waals surface area contributed by atoms with Crippen LogP contribution in [0.4, 0.5) is 0 Å². The number of methoxy groups -OCH3 is 1. The van der Waals surface area contributed by atoms with Crippen LogP contribution in [0.5, 0.6) is 17.2 Å². The summed E-state index contributed by atoms with van der Waals surface area (Å²) in [6.07, 6.45) is 5.10. The Hall–Kier alpha value is -3.52. The minimum atomic E-state index is -0.425. The standard InChI is InChI=1S/C25H25N3O4S/c1-3-17-5-8-19(9-6-17)31-12-4-13-32-21-10-7-18(16-22(21)30-2)15-20-23(26)28-11-14-33-25(28)27-24(20)29/h5-11,14-16,26H,3-4,12-13H2,1-2H3/b20-15-,26-23?. The number of nitrogens with one attached hydrogen (secondary N) is 1. The SMILES string of the molecule is CCc1ccc(OCCCOc2ccc(/C=C3/C(=N)N4C=CSC4=NC3=O)cc2OC)cc1. The zero-order valence-electron chi connectivity index (χ0n) is 18.5. The Balaban J connectivity index is 1.35. The Morgan fingerprint density at radius 2 is 1.88 bits per heavy atom. The Morgan fingerprint density at radius 3 is 2.64 bits per heavy atom. The molecule has 2 heterocycles. The molecule has 170 valence electrons. The lowest BCUT2D eigenvalue weighted by Crippen LogP contribution is -2.35. The van der Waals surface area contributed by atoms with Gasteiger partial charge in [0.15, 0.2) is 16.7 Å². The van der Waals surface area contributed by atoms with Crippen LogP contribution in [0, 0.1) is 5.41 Å². The fraction of sp³-hybridized carbons (Fsp3) is 0.240. The number of aliphatic imine (C=N–C) groups is 1. The second-order valence-corrected chi connectivity index (χ2v) is 8.21. The predicted octanol–water partition coefficient (Wildman–Crippen LogP) is 4.88. The lowest BCUT2D eigenvalue weighted by Gasteiger charge is -2.22. The lowest BCUT2D eigenvalue weighted by molar-refractivity contribution is -0.114. The molecule has 1 N–H and O–H groups in total. The second kappa shape index (κ2) is 10.4. The number of thioether (sulfide) groups is 1. The van der Waals surface area contributed by atoms with E-state index in [0.29, 0.717) is 29.9 Å². The molecule has 0 unspecified atom stereocenters. The van der Waals surface area contributed by atoms with Crippen LogP contribution in [0.3, 0.4) is 0 Å². The molecule has 2 aliphatic rings. The molecule has 0 aliphatic carbocycles. The summed E-state index contributed by atoms with van der Waals surface area (Å²) in [6, 6.07) is 13.5. The summed E-state index contributed by atoms with van der Waals surface area (Å²) in [5.41, 5.74) is 2.23. The molecule has 0 fully saturated rings. The van der Waals surface area contributed by atoms with E-state index in [1.807, 2.05) is 18.2 Å². The van der Waals surface area contributed by atoms with E-state index in [2.05, 4.69) is 24.0 Å². The lowest BCUT2D eigenvalue weighted by atomic mass is 10.1. The normalized spacial score (nSPS) is 16.1. The molecule has 0 saturated heterocycles. The van der Waals surface area contributed by atoms with E-state index in [1.54, 1.807) is 41.8 Å². The van der Waals surface area contributed by atoms with Crippen LogP contribution in [0.1, 0.15) is 24.5 Å². The highest BCUT2D eigenvalue weighted by molar-refractivity contribution is 8.16. The molecule has 0 bridgehead atoms. The maximum Gasteiger partial charge on any atom is 0.283 e. The van der Waals surface area contributed by atoms with E-state index >= 15 is 0 Å². The summed E-state index contributed by atoms with van der Waals surface area (Å²) in [5, 5.41) is 10.6. The number of amides is 1. The molecular weight excluding hydrogens is 438 g/mol. The number of benzene rings is 2. The topological polar surface area (TPSA) is 84.2 Å². The van der Waals surface area contributed by atoms with Crippen molar-refractivity contribution in [1.29, 1.82) is 5.41 Å². The van der Waals surface area contributed by atoms with Crippen LogP contribution in [-0.4, -0.2) is 42.1 Å². The molecule has 0 saturated carbocycles. The molecule has 7 nitrogen and oxygen atoms in total. The molecule has 2 aliphatic heterocycles. The Labute approximate surface area is 197 Å². The Bertz CT molecular complexity index is 1140. The highest BCUT2D eigenvalue weighted by Crippen LogP contribution is 2.31. The fourth-order valence-corrected chi connectivity index (χ4v) is 4.05. The van der Waals surface area contributed by atoms with Crippen LogP contribution in [0.25, 0.3) is 6.08 Å². The molecule has 8 heteroatoms.